The highest BCUT2D eigenvalue weighted by atomic mass is 32.2. The van der Waals surface area contributed by atoms with E-state index in [0.717, 1.165) is 43.7 Å². The van der Waals surface area contributed by atoms with Gasteiger partial charge in [-0.15, -0.1) is 0 Å². The number of hydrogen-bond acceptors (Lipinski definition) is 8. The summed E-state index contributed by atoms with van der Waals surface area (Å²) in [5.74, 6) is 2.03. The maximum atomic E-state index is 14.1. The topological polar surface area (TPSA) is 62.8 Å². The van der Waals surface area contributed by atoms with Crippen LogP contribution in [0.2, 0.25) is 0 Å². The molecule has 14 heteroatoms. The second-order valence-electron chi connectivity index (χ2n) is 10.9. The van der Waals surface area contributed by atoms with Crippen molar-refractivity contribution < 1.29 is 35.8 Å². The van der Waals surface area contributed by atoms with E-state index < -0.39 is 41.8 Å². The summed E-state index contributed by atoms with van der Waals surface area (Å²) in [6.07, 6.45) is 2.58. The van der Waals surface area contributed by atoms with Crippen molar-refractivity contribution in [2.45, 2.75) is 57.7 Å². The largest absolute Gasteiger partial charge is 0.489 e. The summed E-state index contributed by atoms with van der Waals surface area (Å²) in [5.41, 5.74) is -1.48. The number of alkyl halides is 6. The van der Waals surface area contributed by atoms with Crippen molar-refractivity contribution in [2.24, 2.45) is 5.92 Å². The number of rotatable bonds is 14. The number of anilines is 1. The Balaban J connectivity index is 1.72. The Morgan fingerprint density at radius 3 is 2.38 bits per heavy atom. The zero-order chi connectivity index (χ0) is 32.6. The van der Waals surface area contributed by atoms with E-state index >= 15 is 0 Å². The molecule has 45 heavy (non-hydrogen) atoms. The van der Waals surface area contributed by atoms with Gasteiger partial charge in [-0.25, -0.2) is 9.97 Å². The van der Waals surface area contributed by atoms with Crippen LogP contribution in [-0.2, 0) is 23.6 Å². The van der Waals surface area contributed by atoms with Gasteiger partial charge in [0.2, 0.25) is 5.95 Å². The molecule has 2 aliphatic rings. The van der Waals surface area contributed by atoms with E-state index in [4.69, 9.17) is 9.47 Å². The minimum absolute atomic E-state index is 0.0771. The fourth-order valence-corrected chi connectivity index (χ4v) is 5.95. The molecule has 1 aromatic heterocycles. The monoisotopic (exact) mass is 659 g/mol. The Hall–Kier alpha value is -3.13. The van der Waals surface area contributed by atoms with E-state index in [1.165, 1.54) is 19.5 Å². The highest BCUT2D eigenvalue weighted by Crippen LogP contribution is 2.39. The Bertz CT molecular complexity index is 1310. The van der Waals surface area contributed by atoms with Crippen LogP contribution in [-0.4, -0.2) is 71.4 Å². The Morgan fingerprint density at radius 2 is 1.78 bits per heavy atom. The number of nitrogens with one attached hydrogen (secondary N) is 1. The summed E-state index contributed by atoms with van der Waals surface area (Å²) in [6.45, 7) is 3.47. The number of ether oxygens (including phenoxy) is 2. The minimum atomic E-state index is -4.86. The van der Waals surface area contributed by atoms with Crippen LogP contribution in [0.15, 0.2) is 54.1 Å². The van der Waals surface area contributed by atoms with E-state index in [0.29, 0.717) is 48.7 Å². The van der Waals surface area contributed by atoms with Gasteiger partial charge in [-0.05, 0) is 67.9 Å². The summed E-state index contributed by atoms with van der Waals surface area (Å²) >= 11 is 1.64. The molecule has 2 heterocycles. The molecule has 4 rings (SSSR count). The lowest BCUT2D eigenvalue weighted by atomic mass is 10.0. The van der Waals surface area contributed by atoms with Gasteiger partial charge in [0.25, 0.3) is 0 Å². The number of hydrogen-bond donors (Lipinski definition) is 1. The molecule has 1 aliphatic heterocycles. The molecule has 1 fully saturated rings. The van der Waals surface area contributed by atoms with Gasteiger partial charge >= 0.3 is 12.4 Å². The van der Waals surface area contributed by atoms with Crippen molar-refractivity contribution in [1.29, 1.82) is 0 Å². The summed E-state index contributed by atoms with van der Waals surface area (Å²) in [4.78, 5) is 12.4. The van der Waals surface area contributed by atoms with Crippen molar-refractivity contribution in [1.82, 2.24) is 19.8 Å². The minimum Gasteiger partial charge on any atom is -0.489 e. The summed E-state index contributed by atoms with van der Waals surface area (Å²) in [6, 6.07) is 1.54. The van der Waals surface area contributed by atoms with Crippen LogP contribution in [0.3, 0.4) is 0 Å². The second kappa shape index (κ2) is 15.4. The standard InChI is InChI=1S/C31H39F6N5O2S/c1-4-41(19-21-7-5-6-8-21)26-11-12-28(43-2)42(20-22-15-23(30(32,33)34)9-10-25(22)31(35,36)37)27(26)18-40-29-38-16-24(17-39-29)44-13-14-45-3/h9-12,15-17,21,28H,4-8,13-14,18-20H2,1-3H3,(H,38,39,40). The SMILES string of the molecule is CCN(CC1CCCC1)C1=C(CNc2ncc(OCCSC)cn2)N(Cc2cc(C(F)(F)F)ccc2C(F)(F)F)C(OC)C=C1. The Kier molecular flexibility index (Phi) is 11.9. The van der Waals surface area contributed by atoms with E-state index in [1.54, 1.807) is 22.7 Å². The van der Waals surface area contributed by atoms with Crippen molar-refractivity contribution in [3.63, 3.8) is 0 Å². The summed E-state index contributed by atoms with van der Waals surface area (Å²) in [7, 11) is 1.41. The van der Waals surface area contributed by atoms with Gasteiger partial charge in [0.15, 0.2) is 5.75 Å². The molecule has 248 valence electrons. The van der Waals surface area contributed by atoms with Crippen LogP contribution >= 0.6 is 11.8 Å². The number of likely N-dealkylation sites (N-methyl/N-ethyl adjacent to an activating group) is 1. The maximum absolute atomic E-state index is 14.1. The molecule has 2 aromatic rings. The third kappa shape index (κ3) is 9.21. The molecular weight excluding hydrogens is 620 g/mol. The van der Waals surface area contributed by atoms with Gasteiger partial charge < -0.3 is 24.6 Å². The van der Waals surface area contributed by atoms with E-state index in [1.807, 2.05) is 19.3 Å². The average Bonchev–Trinajstić information content (AvgIpc) is 3.52. The van der Waals surface area contributed by atoms with Crippen molar-refractivity contribution in [3.05, 3.63) is 70.8 Å². The second-order valence-corrected chi connectivity index (χ2v) is 11.9. The van der Waals surface area contributed by atoms with Crippen molar-refractivity contribution in [2.75, 3.05) is 50.7 Å². The van der Waals surface area contributed by atoms with E-state index in [9.17, 15) is 26.3 Å². The van der Waals surface area contributed by atoms with E-state index in [-0.39, 0.29) is 12.5 Å². The summed E-state index contributed by atoms with van der Waals surface area (Å²) in [5, 5.41) is 3.15. The number of halogens is 6. The molecular formula is C31H39F6N5O2S. The Labute approximate surface area is 264 Å². The maximum Gasteiger partial charge on any atom is 0.416 e. The molecule has 7 nitrogen and oxygen atoms in total. The van der Waals surface area contributed by atoms with Gasteiger partial charge in [-0.1, -0.05) is 12.8 Å². The van der Waals surface area contributed by atoms with Gasteiger partial charge in [0.1, 0.15) is 6.23 Å². The molecule has 1 atom stereocenters. The molecule has 0 spiro atoms. The first kappa shape index (κ1) is 34.7. The Morgan fingerprint density at radius 1 is 1.07 bits per heavy atom. The van der Waals surface area contributed by atoms with E-state index in [2.05, 4.69) is 20.2 Å². The van der Waals surface area contributed by atoms with Crippen LogP contribution in [0.25, 0.3) is 0 Å². The number of allylic oxidation sites excluding steroid dienone is 1. The number of aromatic nitrogens is 2. The smallest absolute Gasteiger partial charge is 0.416 e. The molecule has 0 amide bonds. The van der Waals surface area contributed by atoms with Gasteiger partial charge in [0.05, 0.1) is 48.1 Å². The predicted octanol–water partition coefficient (Wildman–Crippen LogP) is 7.44. The van der Waals surface area contributed by atoms with Crippen molar-refractivity contribution >= 4 is 17.7 Å². The quantitative estimate of drug-likeness (QED) is 0.166. The van der Waals surface area contributed by atoms with Crippen LogP contribution < -0.4 is 10.1 Å². The fraction of sp³-hybridized carbons (Fsp3) is 0.548. The van der Waals surface area contributed by atoms with Crippen LogP contribution in [0.5, 0.6) is 5.75 Å². The first-order chi connectivity index (χ1) is 21.4. The molecule has 1 unspecified atom stereocenters. The lowest BCUT2D eigenvalue weighted by molar-refractivity contribution is -0.142. The third-order valence-corrected chi connectivity index (χ3v) is 8.54. The summed E-state index contributed by atoms with van der Waals surface area (Å²) < 4.78 is 94.5. The van der Waals surface area contributed by atoms with Crippen LogP contribution in [0, 0.1) is 5.92 Å². The highest BCUT2D eigenvalue weighted by Gasteiger charge is 2.38. The zero-order valence-corrected chi connectivity index (χ0v) is 26.4. The molecule has 1 N–H and O–H groups in total. The molecule has 0 saturated heterocycles. The van der Waals surface area contributed by atoms with Crippen LogP contribution in [0.1, 0.15) is 49.3 Å². The lowest BCUT2D eigenvalue weighted by Crippen LogP contribution is -2.43. The molecule has 0 radical (unpaired) electrons. The first-order valence-corrected chi connectivity index (χ1v) is 16.2. The molecule has 0 bridgehead atoms. The number of thioether (sulfide) groups is 1. The van der Waals surface area contributed by atoms with Gasteiger partial charge in [-0.3, -0.25) is 0 Å². The number of nitrogens with zero attached hydrogens (tertiary/aromatic N) is 4. The normalized spacial score (nSPS) is 17.7. The molecule has 1 aromatic carbocycles. The predicted molar refractivity (Wildman–Crippen MR) is 163 cm³/mol. The van der Waals surface area contributed by atoms with Gasteiger partial charge in [-0.2, -0.15) is 38.1 Å². The lowest BCUT2D eigenvalue weighted by Gasteiger charge is -2.40. The highest BCUT2D eigenvalue weighted by molar-refractivity contribution is 7.98. The number of benzene rings is 1. The number of methoxy groups -OCH3 is 1. The molecule has 1 saturated carbocycles. The van der Waals surface area contributed by atoms with Crippen molar-refractivity contribution in [3.8, 4) is 5.75 Å². The zero-order valence-electron chi connectivity index (χ0n) is 25.5. The fourth-order valence-electron chi connectivity index (χ4n) is 5.70. The van der Waals surface area contributed by atoms with Gasteiger partial charge in [0, 0.05) is 32.5 Å². The third-order valence-electron chi connectivity index (χ3n) is 7.96. The van der Waals surface area contributed by atoms with Crippen LogP contribution in [0.4, 0.5) is 32.3 Å². The molecule has 1 aliphatic carbocycles. The average molecular weight is 660 g/mol. The first-order valence-electron chi connectivity index (χ1n) is 14.8.